The first-order chi connectivity index (χ1) is 10.9. The van der Waals surface area contributed by atoms with Gasteiger partial charge in [-0.2, -0.15) is 8.42 Å². The minimum absolute atomic E-state index is 0.852. The van der Waals surface area contributed by atoms with E-state index in [2.05, 4.69) is 0 Å². The highest BCUT2D eigenvalue weighted by atomic mass is 32.2. The van der Waals surface area contributed by atoms with Crippen LogP contribution in [-0.4, -0.2) is 72.4 Å². The average Bonchev–Trinajstić information content (AvgIpc) is 2.35. The Labute approximate surface area is 137 Å². The lowest BCUT2D eigenvalue weighted by atomic mass is 9.99. The Morgan fingerprint density at radius 2 is 1.33 bits per heavy atom. The standard InChI is InChI=1S/C12H18O11S/c1-5(13)20-9-8(4-24(17,18)19)23-12(16)11(22-7(3)15)10(9)21-6(2)14/h8-12,16H,4H2,1-3H3,(H,17,18,19)/t8-,9+,10+,11+,12+/m0/s1. The third-order valence-electron chi connectivity index (χ3n) is 2.89. The van der Waals surface area contributed by atoms with Gasteiger partial charge >= 0.3 is 17.9 Å². The number of hydrogen-bond acceptors (Lipinski definition) is 10. The number of carbonyl (C=O) groups is 3. The Balaban J connectivity index is 3.23. The number of esters is 3. The molecule has 12 heteroatoms. The van der Waals surface area contributed by atoms with Crippen molar-refractivity contribution < 1.29 is 51.4 Å². The van der Waals surface area contributed by atoms with E-state index in [0.29, 0.717) is 0 Å². The zero-order chi connectivity index (χ0) is 18.7. The topological polar surface area (TPSA) is 163 Å². The quantitative estimate of drug-likeness (QED) is 0.325. The monoisotopic (exact) mass is 370 g/mol. The van der Waals surface area contributed by atoms with Gasteiger partial charge in [0.15, 0.2) is 24.6 Å². The van der Waals surface area contributed by atoms with Crippen molar-refractivity contribution in [2.24, 2.45) is 0 Å². The van der Waals surface area contributed by atoms with E-state index in [1.807, 2.05) is 0 Å². The fraction of sp³-hybridized carbons (Fsp3) is 0.750. The molecule has 5 atom stereocenters. The van der Waals surface area contributed by atoms with Gasteiger partial charge < -0.3 is 24.1 Å². The molecule has 1 fully saturated rings. The molecule has 24 heavy (non-hydrogen) atoms. The molecule has 0 bridgehead atoms. The van der Waals surface area contributed by atoms with Gasteiger partial charge in [0.1, 0.15) is 11.9 Å². The minimum atomic E-state index is -4.58. The molecule has 0 amide bonds. The Bertz CT molecular complexity index is 598. The molecule has 1 heterocycles. The molecule has 1 aliphatic rings. The molecule has 2 N–H and O–H groups in total. The van der Waals surface area contributed by atoms with Crippen LogP contribution in [0.2, 0.25) is 0 Å². The fourth-order valence-electron chi connectivity index (χ4n) is 2.21. The van der Waals surface area contributed by atoms with E-state index in [-0.39, 0.29) is 0 Å². The molecule has 0 aromatic rings. The molecule has 0 saturated carbocycles. The molecule has 0 spiro atoms. The van der Waals surface area contributed by atoms with Crippen molar-refractivity contribution >= 4 is 28.0 Å². The maximum absolute atomic E-state index is 11.3. The molecule has 1 aliphatic heterocycles. The smallest absolute Gasteiger partial charge is 0.303 e. The van der Waals surface area contributed by atoms with Gasteiger partial charge in [-0.05, 0) is 0 Å². The summed E-state index contributed by atoms with van der Waals surface area (Å²) in [5.41, 5.74) is 0. The van der Waals surface area contributed by atoms with Crippen molar-refractivity contribution in [3.63, 3.8) is 0 Å². The van der Waals surface area contributed by atoms with Crippen LogP contribution >= 0.6 is 0 Å². The SMILES string of the molecule is CC(=O)O[C@H]1[C@@H](OC(C)=O)[C@H](O)O[C@@H](CS(=O)(=O)O)[C@H]1OC(C)=O. The number of carbonyl (C=O) groups excluding carboxylic acids is 3. The Hall–Kier alpha value is -1.76. The molecule has 1 rings (SSSR count). The highest BCUT2D eigenvalue weighted by Crippen LogP contribution is 2.28. The lowest BCUT2D eigenvalue weighted by Gasteiger charge is -2.42. The molecule has 0 aromatic heterocycles. The normalized spacial score (nSPS) is 30.3. The zero-order valence-electron chi connectivity index (χ0n) is 13.1. The van der Waals surface area contributed by atoms with E-state index in [4.69, 9.17) is 23.5 Å². The van der Waals surface area contributed by atoms with Gasteiger partial charge in [0.05, 0.1) is 0 Å². The van der Waals surface area contributed by atoms with Crippen LogP contribution in [0.4, 0.5) is 0 Å². The van der Waals surface area contributed by atoms with Gasteiger partial charge in [0.25, 0.3) is 10.1 Å². The maximum Gasteiger partial charge on any atom is 0.303 e. The minimum Gasteiger partial charge on any atom is -0.456 e. The van der Waals surface area contributed by atoms with Crippen molar-refractivity contribution in [2.75, 3.05) is 5.75 Å². The number of rotatable bonds is 5. The molecule has 0 aliphatic carbocycles. The first-order valence-corrected chi connectivity index (χ1v) is 8.32. The molecular formula is C12H18O11S. The largest absolute Gasteiger partial charge is 0.456 e. The first kappa shape index (κ1) is 20.3. The van der Waals surface area contributed by atoms with Crippen molar-refractivity contribution in [3.05, 3.63) is 0 Å². The van der Waals surface area contributed by atoms with Crippen molar-refractivity contribution in [1.82, 2.24) is 0 Å². The second-order valence-electron chi connectivity index (χ2n) is 5.04. The van der Waals surface area contributed by atoms with Crippen LogP contribution in [0.1, 0.15) is 20.8 Å². The summed E-state index contributed by atoms with van der Waals surface area (Å²) in [5.74, 6) is -3.64. The second-order valence-corrected chi connectivity index (χ2v) is 6.53. The summed E-state index contributed by atoms with van der Waals surface area (Å²) in [4.78, 5) is 33.7. The third-order valence-corrected chi connectivity index (χ3v) is 3.64. The first-order valence-electron chi connectivity index (χ1n) is 6.71. The summed E-state index contributed by atoms with van der Waals surface area (Å²) in [6.07, 6.45) is -8.08. The summed E-state index contributed by atoms with van der Waals surface area (Å²) >= 11 is 0. The molecule has 11 nitrogen and oxygen atoms in total. The molecular weight excluding hydrogens is 352 g/mol. The Kier molecular flexibility index (Phi) is 6.66. The Morgan fingerprint density at radius 1 is 0.917 bits per heavy atom. The molecule has 1 saturated heterocycles. The number of aliphatic hydroxyl groups excluding tert-OH is 1. The van der Waals surface area contributed by atoms with E-state index in [1.165, 1.54) is 0 Å². The van der Waals surface area contributed by atoms with Crippen molar-refractivity contribution in [3.8, 4) is 0 Å². The molecule has 0 aromatic carbocycles. The lowest BCUT2D eigenvalue weighted by Crippen LogP contribution is -2.62. The van der Waals surface area contributed by atoms with Crippen LogP contribution in [0.3, 0.4) is 0 Å². The van der Waals surface area contributed by atoms with Crippen molar-refractivity contribution in [2.45, 2.75) is 51.5 Å². The van der Waals surface area contributed by atoms with Crippen molar-refractivity contribution in [1.29, 1.82) is 0 Å². The zero-order valence-corrected chi connectivity index (χ0v) is 13.9. The van der Waals surface area contributed by atoms with Crippen LogP contribution < -0.4 is 0 Å². The molecule has 0 unspecified atom stereocenters. The summed E-state index contributed by atoms with van der Waals surface area (Å²) in [6.45, 7) is 3.03. The van der Waals surface area contributed by atoms with Gasteiger partial charge in [0, 0.05) is 20.8 Å². The summed E-state index contributed by atoms with van der Waals surface area (Å²) in [5, 5.41) is 9.91. The van der Waals surface area contributed by atoms with E-state index in [0.717, 1.165) is 20.8 Å². The highest BCUT2D eigenvalue weighted by molar-refractivity contribution is 7.85. The summed E-state index contributed by atoms with van der Waals surface area (Å²) < 4.78 is 50.7. The van der Waals surface area contributed by atoms with Gasteiger partial charge in [0.2, 0.25) is 0 Å². The summed E-state index contributed by atoms with van der Waals surface area (Å²) in [6, 6.07) is 0. The van der Waals surface area contributed by atoms with Gasteiger partial charge in [-0.15, -0.1) is 0 Å². The van der Waals surface area contributed by atoms with E-state index in [1.54, 1.807) is 0 Å². The average molecular weight is 370 g/mol. The molecule has 138 valence electrons. The fourth-order valence-corrected chi connectivity index (χ4v) is 2.90. The number of ether oxygens (including phenoxy) is 4. The van der Waals surface area contributed by atoms with Gasteiger partial charge in [-0.1, -0.05) is 0 Å². The number of aliphatic hydroxyl groups is 1. The van der Waals surface area contributed by atoms with Gasteiger partial charge in [-0.3, -0.25) is 18.9 Å². The summed E-state index contributed by atoms with van der Waals surface area (Å²) in [7, 11) is -4.58. The molecule has 0 radical (unpaired) electrons. The van der Waals surface area contributed by atoms with Gasteiger partial charge in [-0.25, -0.2) is 0 Å². The number of hydrogen-bond donors (Lipinski definition) is 2. The highest BCUT2D eigenvalue weighted by Gasteiger charge is 2.52. The second kappa shape index (κ2) is 7.88. The van der Waals surface area contributed by atoms with E-state index in [9.17, 15) is 27.9 Å². The van der Waals surface area contributed by atoms with Crippen LogP contribution in [-0.2, 0) is 43.4 Å². The van der Waals surface area contributed by atoms with E-state index >= 15 is 0 Å². The lowest BCUT2D eigenvalue weighted by molar-refractivity contribution is -0.287. The third kappa shape index (κ3) is 6.03. The maximum atomic E-state index is 11.3. The van der Waals surface area contributed by atoms with Crippen LogP contribution in [0.15, 0.2) is 0 Å². The predicted molar refractivity (Wildman–Crippen MR) is 74.0 cm³/mol. The Morgan fingerprint density at radius 3 is 1.75 bits per heavy atom. The van der Waals surface area contributed by atoms with Crippen LogP contribution in [0, 0.1) is 0 Å². The van der Waals surface area contributed by atoms with Crippen LogP contribution in [0.5, 0.6) is 0 Å². The van der Waals surface area contributed by atoms with Crippen LogP contribution in [0.25, 0.3) is 0 Å². The predicted octanol–water partition coefficient (Wildman–Crippen LogP) is -1.61. The van der Waals surface area contributed by atoms with E-state index < -0.39 is 64.5 Å².